The van der Waals surface area contributed by atoms with Crippen molar-refractivity contribution in [2.24, 2.45) is 11.8 Å². The van der Waals surface area contributed by atoms with Gasteiger partial charge in [0.05, 0.1) is 16.2 Å². The molecule has 1 heterocycles. The van der Waals surface area contributed by atoms with Gasteiger partial charge in [-0.1, -0.05) is 57.0 Å². The molecular weight excluding hydrogens is 370 g/mol. The van der Waals surface area contributed by atoms with E-state index in [9.17, 15) is 9.59 Å². The molecule has 2 aromatic rings. The van der Waals surface area contributed by atoms with Crippen LogP contribution in [0.25, 0.3) is 10.9 Å². The zero-order chi connectivity index (χ0) is 20.1. The van der Waals surface area contributed by atoms with Crippen LogP contribution in [0.5, 0.6) is 0 Å². The first-order chi connectivity index (χ1) is 13.5. The van der Waals surface area contributed by atoms with Gasteiger partial charge in [-0.3, -0.25) is 14.2 Å². The number of benzene rings is 1. The topological polar surface area (TPSA) is 64.0 Å². The summed E-state index contributed by atoms with van der Waals surface area (Å²) in [5.41, 5.74) is 0.654. The Hall–Kier alpha value is -1.82. The second kappa shape index (κ2) is 9.59. The van der Waals surface area contributed by atoms with Crippen LogP contribution in [0.4, 0.5) is 0 Å². The number of nitrogens with zero attached hydrogens (tertiary/aromatic N) is 2. The lowest BCUT2D eigenvalue weighted by Gasteiger charge is -2.23. The Morgan fingerprint density at radius 2 is 1.93 bits per heavy atom. The number of fused-ring (bicyclic) bond motifs is 1. The maximum absolute atomic E-state index is 13.0. The molecule has 0 saturated heterocycles. The summed E-state index contributed by atoms with van der Waals surface area (Å²) in [6.07, 6.45) is 6.28. The summed E-state index contributed by atoms with van der Waals surface area (Å²) in [6.45, 7) is 7.40. The van der Waals surface area contributed by atoms with Crippen LogP contribution < -0.4 is 10.9 Å². The quantitative estimate of drug-likeness (QED) is 0.557. The number of rotatable bonds is 7. The van der Waals surface area contributed by atoms with E-state index in [-0.39, 0.29) is 16.7 Å². The van der Waals surface area contributed by atoms with E-state index in [1.54, 1.807) is 4.57 Å². The molecule has 5 nitrogen and oxygen atoms in total. The summed E-state index contributed by atoms with van der Waals surface area (Å²) < 4.78 is 1.72. The van der Waals surface area contributed by atoms with E-state index in [1.807, 2.05) is 31.2 Å². The van der Waals surface area contributed by atoms with Crippen molar-refractivity contribution in [1.82, 2.24) is 14.9 Å². The number of amides is 1. The Bertz CT molecular complexity index is 872. The lowest BCUT2D eigenvalue weighted by atomic mass is 9.89. The van der Waals surface area contributed by atoms with Crippen molar-refractivity contribution in [2.75, 3.05) is 6.54 Å². The smallest absolute Gasteiger partial charge is 0.262 e. The fourth-order valence-electron chi connectivity index (χ4n) is 3.76. The van der Waals surface area contributed by atoms with E-state index in [4.69, 9.17) is 4.98 Å². The summed E-state index contributed by atoms with van der Waals surface area (Å²) in [6, 6.07) is 7.42. The molecule has 1 aliphatic rings. The van der Waals surface area contributed by atoms with Crippen LogP contribution in [0.1, 0.15) is 52.9 Å². The molecule has 1 aromatic heterocycles. The van der Waals surface area contributed by atoms with Gasteiger partial charge in [-0.05, 0) is 43.7 Å². The van der Waals surface area contributed by atoms with Gasteiger partial charge in [0.15, 0.2) is 5.16 Å². The van der Waals surface area contributed by atoms with Crippen molar-refractivity contribution in [3.8, 4) is 0 Å². The summed E-state index contributed by atoms with van der Waals surface area (Å²) in [5, 5.41) is 4.06. The van der Waals surface area contributed by atoms with E-state index >= 15 is 0 Å². The summed E-state index contributed by atoms with van der Waals surface area (Å²) in [4.78, 5) is 30.3. The summed E-state index contributed by atoms with van der Waals surface area (Å²) in [5.74, 6) is 0.942. The minimum Gasteiger partial charge on any atom is -0.355 e. The van der Waals surface area contributed by atoms with E-state index in [1.165, 1.54) is 43.9 Å². The number of hydrogen-bond donors (Lipinski definition) is 1. The van der Waals surface area contributed by atoms with Crippen molar-refractivity contribution in [2.45, 2.75) is 69.8 Å². The predicted molar refractivity (Wildman–Crippen MR) is 116 cm³/mol. The highest BCUT2D eigenvalue weighted by Gasteiger charge is 2.21. The fourth-order valence-corrected chi connectivity index (χ4v) is 4.70. The van der Waals surface area contributed by atoms with Crippen LogP contribution in [0.2, 0.25) is 0 Å². The molecule has 0 radical (unpaired) electrons. The standard InChI is InChI=1S/C22H31N3O2S/c1-15(2)14-25-21(27)18-11-7-8-12-19(18)24-22(25)28-16(3)20(26)23-13-17-9-5-4-6-10-17/h7-8,11-12,15-17H,4-6,9-10,13-14H2,1-3H3,(H,23,26)/t16-/m0/s1. The number of carbonyl (C=O) groups excluding carboxylic acids is 1. The van der Waals surface area contributed by atoms with Gasteiger partial charge in [-0.15, -0.1) is 0 Å². The highest BCUT2D eigenvalue weighted by Crippen LogP contribution is 2.25. The number of thioether (sulfide) groups is 1. The molecule has 1 atom stereocenters. The predicted octanol–water partition coefficient (Wildman–Crippen LogP) is 4.23. The average Bonchev–Trinajstić information content (AvgIpc) is 2.69. The van der Waals surface area contributed by atoms with E-state index in [2.05, 4.69) is 19.2 Å². The molecule has 1 aliphatic carbocycles. The van der Waals surface area contributed by atoms with Gasteiger partial charge in [0.2, 0.25) is 5.91 Å². The number of hydrogen-bond acceptors (Lipinski definition) is 4. The number of aromatic nitrogens is 2. The Morgan fingerprint density at radius 3 is 2.64 bits per heavy atom. The van der Waals surface area contributed by atoms with Gasteiger partial charge in [-0.25, -0.2) is 4.98 Å². The molecule has 152 valence electrons. The Labute approximate surface area is 171 Å². The van der Waals surface area contributed by atoms with Gasteiger partial charge < -0.3 is 5.32 Å². The third-order valence-electron chi connectivity index (χ3n) is 5.32. The Balaban J connectivity index is 1.75. The minimum atomic E-state index is -0.296. The summed E-state index contributed by atoms with van der Waals surface area (Å²) >= 11 is 1.38. The van der Waals surface area contributed by atoms with Gasteiger partial charge >= 0.3 is 0 Å². The zero-order valence-corrected chi connectivity index (χ0v) is 17.9. The SMILES string of the molecule is CC(C)Cn1c(S[C@@H](C)C(=O)NCC2CCCCC2)nc2ccccc2c1=O. The van der Waals surface area contributed by atoms with Crippen LogP contribution in [-0.2, 0) is 11.3 Å². The van der Waals surface area contributed by atoms with Gasteiger partial charge in [0.25, 0.3) is 5.56 Å². The second-order valence-corrected chi connectivity index (χ2v) is 9.54. The lowest BCUT2D eigenvalue weighted by Crippen LogP contribution is -2.36. The molecule has 28 heavy (non-hydrogen) atoms. The van der Waals surface area contributed by atoms with Crippen LogP contribution in [0, 0.1) is 11.8 Å². The monoisotopic (exact) mass is 401 g/mol. The van der Waals surface area contributed by atoms with Crippen molar-refractivity contribution in [3.05, 3.63) is 34.6 Å². The molecule has 6 heteroatoms. The van der Waals surface area contributed by atoms with Crippen LogP contribution >= 0.6 is 11.8 Å². The van der Waals surface area contributed by atoms with Crippen molar-refractivity contribution < 1.29 is 4.79 Å². The van der Waals surface area contributed by atoms with Gasteiger partial charge in [-0.2, -0.15) is 0 Å². The van der Waals surface area contributed by atoms with Crippen LogP contribution in [0.3, 0.4) is 0 Å². The second-order valence-electron chi connectivity index (χ2n) is 8.23. The molecule has 1 aromatic carbocycles. The third-order valence-corrected chi connectivity index (χ3v) is 6.41. The number of carbonyl (C=O) groups is 1. The van der Waals surface area contributed by atoms with Crippen LogP contribution in [-0.4, -0.2) is 27.3 Å². The molecule has 1 amide bonds. The summed E-state index contributed by atoms with van der Waals surface area (Å²) in [7, 11) is 0. The molecule has 1 saturated carbocycles. The van der Waals surface area contributed by atoms with Crippen molar-refractivity contribution in [1.29, 1.82) is 0 Å². The fraction of sp³-hybridized carbons (Fsp3) is 0.591. The molecule has 0 aliphatic heterocycles. The molecule has 3 rings (SSSR count). The van der Waals surface area contributed by atoms with E-state index in [0.717, 1.165) is 6.54 Å². The molecule has 0 spiro atoms. The van der Waals surface area contributed by atoms with Gasteiger partial charge in [0, 0.05) is 13.1 Å². The molecule has 1 N–H and O–H groups in total. The zero-order valence-electron chi connectivity index (χ0n) is 17.1. The first-order valence-corrected chi connectivity index (χ1v) is 11.3. The normalized spacial score (nSPS) is 16.4. The maximum atomic E-state index is 13.0. The van der Waals surface area contributed by atoms with E-state index < -0.39 is 0 Å². The molecular formula is C22H31N3O2S. The van der Waals surface area contributed by atoms with E-state index in [0.29, 0.717) is 34.4 Å². The molecule has 0 unspecified atom stereocenters. The van der Waals surface area contributed by atoms with Gasteiger partial charge in [0.1, 0.15) is 0 Å². The van der Waals surface area contributed by atoms with Crippen molar-refractivity contribution in [3.63, 3.8) is 0 Å². The lowest BCUT2D eigenvalue weighted by molar-refractivity contribution is -0.120. The highest BCUT2D eigenvalue weighted by atomic mass is 32.2. The molecule has 1 fully saturated rings. The molecule has 0 bridgehead atoms. The maximum Gasteiger partial charge on any atom is 0.262 e. The van der Waals surface area contributed by atoms with Crippen molar-refractivity contribution >= 4 is 28.6 Å². The largest absolute Gasteiger partial charge is 0.355 e. The first-order valence-electron chi connectivity index (χ1n) is 10.4. The Morgan fingerprint density at radius 1 is 1.21 bits per heavy atom. The third kappa shape index (κ3) is 5.16. The number of nitrogens with one attached hydrogen (secondary N) is 1. The average molecular weight is 402 g/mol. The minimum absolute atomic E-state index is 0.0223. The first kappa shape index (κ1) is 20.9. The highest BCUT2D eigenvalue weighted by molar-refractivity contribution is 8.00. The Kier molecular flexibility index (Phi) is 7.16. The number of para-hydroxylation sites is 1. The van der Waals surface area contributed by atoms with Crippen LogP contribution in [0.15, 0.2) is 34.2 Å².